The number of rotatable bonds is 1. The van der Waals surface area contributed by atoms with E-state index in [1.807, 2.05) is 0 Å². The molecular formula is C12H16BrNO. The number of hydrogen-bond acceptors (Lipinski definition) is 2. The normalized spacial score (nSPS) is 26.9. The highest BCUT2D eigenvalue weighted by Gasteiger charge is 2.32. The maximum absolute atomic E-state index is 5.79. The summed E-state index contributed by atoms with van der Waals surface area (Å²) in [5, 5.41) is 3.62. The lowest BCUT2D eigenvalue weighted by molar-refractivity contribution is 0.294. The summed E-state index contributed by atoms with van der Waals surface area (Å²) in [6, 6.07) is 2.61. The molecule has 0 saturated heterocycles. The van der Waals surface area contributed by atoms with E-state index < -0.39 is 0 Å². The summed E-state index contributed by atoms with van der Waals surface area (Å²) in [6.45, 7) is 1.10. The summed E-state index contributed by atoms with van der Waals surface area (Å²) in [5.41, 5.74) is 1.40. The first-order valence-electron chi connectivity index (χ1n) is 5.86. The molecule has 15 heavy (non-hydrogen) atoms. The molecule has 1 aromatic heterocycles. The second-order valence-corrected chi connectivity index (χ2v) is 5.45. The van der Waals surface area contributed by atoms with Crippen LogP contribution >= 0.6 is 15.9 Å². The maximum atomic E-state index is 5.79. The van der Waals surface area contributed by atoms with Crippen molar-refractivity contribution in [1.29, 1.82) is 0 Å². The van der Waals surface area contributed by atoms with Crippen molar-refractivity contribution < 1.29 is 4.42 Å². The van der Waals surface area contributed by atoms with Gasteiger partial charge in [-0.15, -0.1) is 0 Å². The maximum Gasteiger partial charge on any atom is 0.169 e. The molecule has 3 rings (SSSR count). The minimum atomic E-state index is 0.475. The third kappa shape index (κ3) is 1.76. The van der Waals surface area contributed by atoms with E-state index in [4.69, 9.17) is 4.42 Å². The third-order valence-corrected chi connectivity index (χ3v) is 4.11. The van der Waals surface area contributed by atoms with Crippen LogP contribution in [0.25, 0.3) is 0 Å². The molecule has 1 aliphatic carbocycles. The molecule has 1 aromatic rings. The third-order valence-electron chi connectivity index (χ3n) is 3.72. The first-order chi connectivity index (χ1) is 7.34. The predicted octanol–water partition coefficient (Wildman–Crippen LogP) is 3.42. The van der Waals surface area contributed by atoms with Crippen LogP contribution in [0.5, 0.6) is 0 Å². The monoisotopic (exact) mass is 269 g/mol. The zero-order chi connectivity index (χ0) is 10.3. The van der Waals surface area contributed by atoms with Gasteiger partial charge in [-0.1, -0.05) is 12.8 Å². The quantitative estimate of drug-likeness (QED) is 0.845. The van der Waals surface area contributed by atoms with Gasteiger partial charge in [0.1, 0.15) is 5.76 Å². The van der Waals surface area contributed by atoms with Gasteiger partial charge in [-0.3, -0.25) is 0 Å². The summed E-state index contributed by atoms with van der Waals surface area (Å²) >= 11 is 3.43. The molecule has 1 N–H and O–H groups in total. The number of fused-ring (bicyclic) bond motifs is 1. The summed E-state index contributed by atoms with van der Waals surface area (Å²) in [5.74, 6) is 1.99. The molecule has 0 amide bonds. The molecule has 82 valence electrons. The van der Waals surface area contributed by atoms with Crippen LogP contribution in [0.2, 0.25) is 0 Å². The van der Waals surface area contributed by atoms with Crippen molar-refractivity contribution in [2.45, 2.75) is 38.1 Å². The number of furan rings is 1. The molecule has 3 heteroatoms. The van der Waals surface area contributed by atoms with Crippen LogP contribution in [0.15, 0.2) is 15.2 Å². The SMILES string of the molecule is Brc1cc2c(o1)C(C1CCCC1)NCC2. The Bertz CT molecular complexity index is 355. The van der Waals surface area contributed by atoms with Crippen molar-refractivity contribution in [1.82, 2.24) is 5.32 Å². The second kappa shape index (κ2) is 3.95. The highest BCUT2D eigenvalue weighted by atomic mass is 79.9. The first kappa shape index (κ1) is 9.91. The van der Waals surface area contributed by atoms with Crippen LogP contribution in [0.1, 0.15) is 43.0 Å². The van der Waals surface area contributed by atoms with Crippen LogP contribution in [0.4, 0.5) is 0 Å². The van der Waals surface area contributed by atoms with E-state index in [-0.39, 0.29) is 0 Å². The molecule has 1 fully saturated rings. The fourth-order valence-corrected chi connectivity index (χ4v) is 3.44. The Morgan fingerprint density at radius 1 is 1.33 bits per heavy atom. The van der Waals surface area contributed by atoms with Crippen LogP contribution in [-0.2, 0) is 6.42 Å². The summed E-state index contributed by atoms with van der Waals surface area (Å²) < 4.78 is 6.67. The van der Waals surface area contributed by atoms with Gasteiger partial charge in [0.25, 0.3) is 0 Å². The fourth-order valence-electron chi connectivity index (χ4n) is 2.99. The molecule has 0 bridgehead atoms. The van der Waals surface area contributed by atoms with Crippen LogP contribution in [-0.4, -0.2) is 6.54 Å². The molecule has 0 spiro atoms. The van der Waals surface area contributed by atoms with Gasteiger partial charge in [0.2, 0.25) is 0 Å². The van der Waals surface area contributed by atoms with E-state index in [9.17, 15) is 0 Å². The standard InChI is InChI=1S/C12H16BrNO/c13-10-7-9-5-6-14-11(12(9)15-10)8-3-1-2-4-8/h7-8,11,14H,1-6H2. The van der Waals surface area contributed by atoms with Gasteiger partial charge in [-0.25, -0.2) is 0 Å². The average Bonchev–Trinajstić information content (AvgIpc) is 2.82. The lowest BCUT2D eigenvalue weighted by atomic mass is 9.91. The topological polar surface area (TPSA) is 25.2 Å². The Kier molecular flexibility index (Phi) is 2.61. The van der Waals surface area contributed by atoms with Crippen molar-refractivity contribution in [2.75, 3.05) is 6.54 Å². The van der Waals surface area contributed by atoms with Crippen molar-refractivity contribution in [3.8, 4) is 0 Å². The Morgan fingerprint density at radius 3 is 2.93 bits per heavy atom. The molecule has 0 radical (unpaired) electrons. The smallest absolute Gasteiger partial charge is 0.169 e. The zero-order valence-electron chi connectivity index (χ0n) is 8.76. The summed E-state index contributed by atoms with van der Waals surface area (Å²) in [4.78, 5) is 0. The van der Waals surface area contributed by atoms with Crippen molar-refractivity contribution in [3.05, 3.63) is 22.1 Å². The van der Waals surface area contributed by atoms with Gasteiger partial charge in [0, 0.05) is 0 Å². The lowest BCUT2D eigenvalue weighted by Gasteiger charge is -2.27. The minimum Gasteiger partial charge on any atom is -0.452 e. The van der Waals surface area contributed by atoms with Gasteiger partial charge in [0.05, 0.1) is 6.04 Å². The van der Waals surface area contributed by atoms with E-state index in [0.717, 1.165) is 23.6 Å². The van der Waals surface area contributed by atoms with Crippen molar-refractivity contribution in [3.63, 3.8) is 0 Å². The van der Waals surface area contributed by atoms with E-state index >= 15 is 0 Å². The van der Waals surface area contributed by atoms with Gasteiger partial charge in [-0.05, 0) is 59.3 Å². The highest BCUT2D eigenvalue weighted by molar-refractivity contribution is 9.10. The van der Waals surface area contributed by atoms with Gasteiger partial charge in [0.15, 0.2) is 4.67 Å². The molecule has 0 aromatic carbocycles. The minimum absolute atomic E-state index is 0.475. The van der Waals surface area contributed by atoms with Crippen LogP contribution in [0, 0.1) is 5.92 Å². The second-order valence-electron chi connectivity index (χ2n) is 4.67. The average molecular weight is 270 g/mol. The van der Waals surface area contributed by atoms with Crippen LogP contribution < -0.4 is 5.32 Å². The van der Waals surface area contributed by atoms with Gasteiger partial charge >= 0.3 is 0 Å². The van der Waals surface area contributed by atoms with Gasteiger partial charge in [-0.2, -0.15) is 0 Å². The van der Waals surface area contributed by atoms with Crippen molar-refractivity contribution >= 4 is 15.9 Å². The number of nitrogens with one attached hydrogen (secondary N) is 1. The van der Waals surface area contributed by atoms with E-state index in [1.54, 1.807) is 0 Å². The summed E-state index contributed by atoms with van der Waals surface area (Å²) in [7, 11) is 0. The number of hydrogen-bond donors (Lipinski definition) is 1. The molecule has 1 saturated carbocycles. The molecule has 2 nitrogen and oxygen atoms in total. The van der Waals surface area contributed by atoms with Gasteiger partial charge < -0.3 is 9.73 Å². The Balaban J connectivity index is 1.90. The van der Waals surface area contributed by atoms with E-state index in [0.29, 0.717) is 6.04 Å². The largest absolute Gasteiger partial charge is 0.452 e. The Hall–Kier alpha value is -0.280. The number of halogens is 1. The van der Waals surface area contributed by atoms with Crippen molar-refractivity contribution in [2.24, 2.45) is 5.92 Å². The first-order valence-corrected chi connectivity index (χ1v) is 6.65. The Morgan fingerprint density at radius 2 is 2.13 bits per heavy atom. The van der Waals surface area contributed by atoms with E-state index in [2.05, 4.69) is 27.3 Å². The molecule has 2 heterocycles. The predicted molar refractivity (Wildman–Crippen MR) is 62.8 cm³/mol. The molecule has 2 aliphatic rings. The summed E-state index contributed by atoms with van der Waals surface area (Å²) in [6.07, 6.45) is 6.60. The molecule has 1 atom stereocenters. The highest BCUT2D eigenvalue weighted by Crippen LogP contribution is 2.40. The molecule has 1 unspecified atom stereocenters. The fraction of sp³-hybridized carbons (Fsp3) is 0.667. The zero-order valence-corrected chi connectivity index (χ0v) is 10.3. The lowest BCUT2D eigenvalue weighted by Crippen LogP contribution is -2.33. The molecular weight excluding hydrogens is 254 g/mol. The van der Waals surface area contributed by atoms with E-state index in [1.165, 1.54) is 37.0 Å². The molecule has 1 aliphatic heterocycles. The van der Waals surface area contributed by atoms with Crippen LogP contribution in [0.3, 0.4) is 0 Å². The Labute approximate surface area is 98.6 Å².